The van der Waals surface area contributed by atoms with Crippen LogP contribution >= 0.6 is 46.4 Å². The van der Waals surface area contributed by atoms with E-state index in [4.69, 9.17) is 68.2 Å². The zero-order chi connectivity index (χ0) is 26.7. The Balaban J connectivity index is 0.000000622. The first-order valence-corrected chi connectivity index (χ1v) is 11.0. The minimum atomic E-state index is -0.804. The minimum Gasteiger partial charge on any atom is -0.857 e. The molecule has 0 unspecified atom stereocenters. The molecule has 8 nitrogen and oxygen atoms in total. The number of nitrogen functional groups attached to an aromatic ring is 2. The second-order valence-electron chi connectivity index (χ2n) is 6.45. The van der Waals surface area contributed by atoms with E-state index in [0.29, 0.717) is 5.69 Å². The zero-order valence-corrected chi connectivity index (χ0v) is 24.8. The van der Waals surface area contributed by atoms with Crippen molar-refractivity contribution in [3.8, 4) is 6.07 Å². The Morgan fingerprint density at radius 2 is 1.44 bits per heavy atom. The van der Waals surface area contributed by atoms with Crippen LogP contribution in [-0.4, -0.2) is 20.2 Å². The largest absolute Gasteiger partial charge is 1.00 e. The fourth-order valence-corrected chi connectivity index (χ4v) is 3.45. The molecule has 4 N–H and O–H groups in total. The number of nitrogens with zero attached hydrogens (tertiary/aromatic N) is 3. The van der Waals surface area contributed by atoms with E-state index in [1.807, 2.05) is 37.3 Å². The number of hydrogen-bond donors (Lipinski definition) is 2. The summed E-state index contributed by atoms with van der Waals surface area (Å²) in [6.45, 7) is 1.95. The summed E-state index contributed by atoms with van der Waals surface area (Å²) in [4.78, 5) is 11.4. The first-order valence-electron chi connectivity index (χ1n) is 9.49. The van der Waals surface area contributed by atoms with Crippen LogP contribution in [0, 0.1) is 18.3 Å². The van der Waals surface area contributed by atoms with Gasteiger partial charge in [0.1, 0.15) is 6.07 Å². The van der Waals surface area contributed by atoms with Crippen molar-refractivity contribution in [3.63, 3.8) is 0 Å². The molecular weight excluding hydrogens is 559 g/mol. The summed E-state index contributed by atoms with van der Waals surface area (Å²) in [5.41, 5.74) is 14.9. The predicted molar refractivity (Wildman–Crippen MR) is 139 cm³/mol. The Hall–Kier alpha value is -2.06. The molecule has 0 amide bonds. The van der Waals surface area contributed by atoms with Crippen LogP contribution in [-0.2, 0) is 4.74 Å². The number of esters is 1. The van der Waals surface area contributed by atoms with Gasteiger partial charge in [0.15, 0.2) is 0 Å². The van der Waals surface area contributed by atoms with Gasteiger partial charge in [0, 0.05) is 11.4 Å². The number of methoxy groups -OCH3 is 1. The fraction of sp³-hybridized carbons (Fsp3) is 0.130. The number of carbonyl (C=O) groups excluding carboxylic acids is 1. The third-order valence-corrected chi connectivity index (χ3v) is 5.96. The number of nitriles is 1. The van der Waals surface area contributed by atoms with Gasteiger partial charge < -0.3 is 21.3 Å². The Bertz CT molecular complexity index is 1270. The molecule has 0 bridgehead atoms. The van der Waals surface area contributed by atoms with Crippen molar-refractivity contribution in [2.75, 3.05) is 25.7 Å². The van der Waals surface area contributed by atoms with Crippen LogP contribution in [0.25, 0.3) is 0 Å². The van der Waals surface area contributed by atoms with Crippen LogP contribution in [0.1, 0.15) is 21.5 Å². The van der Waals surface area contributed by atoms with E-state index in [-0.39, 0.29) is 60.8 Å². The van der Waals surface area contributed by atoms with Crippen molar-refractivity contribution in [2.45, 2.75) is 6.92 Å². The summed E-state index contributed by atoms with van der Waals surface area (Å²) in [5.74, 6) is -0.804. The van der Waals surface area contributed by atoms with Gasteiger partial charge in [-0.25, -0.2) is 4.79 Å². The molecule has 184 valence electrons. The van der Waals surface area contributed by atoms with Gasteiger partial charge in [-0.3, -0.25) is 0 Å². The number of azo groups is 1. The summed E-state index contributed by atoms with van der Waals surface area (Å²) in [7, 11) is 1.90. The van der Waals surface area contributed by atoms with Crippen LogP contribution in [0.5, 0.6) is 0 Å². The molecule has 0 fully saturated rings. The molecule has 3 aromatic rings. The predicted octanol–water partition coefficient (Wildman–Crippen LogP) is 3.51. The third kappa shape index (κ3) is 9.11. The van der Waals surface area contributed by atoms with E-state index in [2.05, 4.69) is 15.0 Å². The maximum Gasteiger partial charge on any atom is 1.00 e. The molecule has 0 saturated carbocycles. The van der Waals surface area contributed by atoms with Crippen molar-refractivity contribution in [3.05, 3.63) is 79.2 Å². The van der Waals surface area contributed by atoms with Crippen LogP contribution in [0.15, 0.2) is 52.7 Å². The van der Waals surface area contributed by atoms with Crippen LogP contribution in [0.3, 0.4) is 0 Å². The van der Waals surface area contributed by atoms with E-state index < -0.39 is 5.97 Å². The Kier molecular flexibility index (Phi) is 15.7. The van der Waals surface area contributed by atoms with Gasteiger partial charge in [0.05, 0.1) is 49.7 Å². The second-order valence-corrected chi connectivity index (χ2v) is 7.96. The smallest absolute Gasteiger partial charge is 0.857 e. The number of carbonyl (C=O) groups is 1. The monoisotopic (exact) mass is 577 g/mol. The number of anilines is 2. The van der Waals surface area contributed by atoms with Crippen molar-refractivity contribution in [1.82, 2.24) is 0 Å². The van der Waals surface area contributed by atoms with Gasteiger partial charge >= 0.3 is 35.5 Å². The number of aryl methyl sites for hydroxylation is 1. The molecule has 3 rings (SSSR count). The van der Waals surface area contributed by atoms with E-state index >= 15 is 0 Å². The van der Waals surface area contributed by atoms with Crippen molar-refractivity contribution < 1.29 is 44.2 Å². The molecule has 0 spiro atoms. The van der Waals surface area contributed by atoms with Gasteiger partial charge in [-0.05, 0) is 55.0 Å². The van der Waals surface area contributed by atoms with E-state index in [1.54, 1.807) is 18.2 Å². The SMILES string of the molecule is COC(=O)c1c(Cl)c(Cl)c(Cl)c(Cl)c1C#N.C[O-].Cc1cc(N)ccc1N=Nc1ccc(N)cc1.[Na+]. The molecule has 0 aliphatic rings. The van der Waals surface area contributed by atoms with Crippen molar-refractivity contribution in [2.24, 2.45) is 10.2 Å². The van der Waals surface area contributed by atoms with Gasteiger partial charge in [-0.1, -0.05) is 46.4 Å². The maximum atomic E-state index is 11.4. The first kappa shape index (κ1) is 33.9. The summed E-state index contributed by atoms with van der Waals surface area (Å²) >= 11 is 23.1. The average Bonchev–Trinajstić information content (AvgIpc) is 2.86. The molecular formula is C23H20Cl4N5NaO3. The van der Waals surface area contributed by atoms with E-state index in [9.17, 15) is 4.79 Å². The van der Waals surface area contributed by atoms with Crippen molar-refractivity contribution >= 4 is 75.1 Å². The van der Waals surface area contributed by atoms with E-state index in [0.717, 1.165) is 36.8 Å². The number of ether oxygens (including phenoxy) is 1. The number of hydrogen-bond acceptors (Lipinski definition) is 8. The Labute approximate surface area is 251 Å². The van der Waals surface area contributed by atoms with Gasteiger partial charge in [-0.2, -0.15) is 22.6 Å². The summed E-state index contributed by atoms with van der Waals surface area (Å²) in [6, 6.07) is 14.5. The first-order chi connectivity index (χ1) is 16.6. The molecule has 13 heteroatoms. The molecule has 0 atom stereocenters. The standard InChI is InChI=1S/C13H14N4.C9H3Cl4NO2.CH3O.Na/c1-9-8-11(15)4-7-13(9)17-16-12-5-2-10(14)3-6-12;1-16-9(15)4-3(2-14)5(10)7(12)8(13)6(4)11;1-2;/h2-8H,14-15H2,1H3;1H3;1H3;/q;;-1;+1. The zero-order valence-electron chi connectivity index (χ0n) is 19.8. The van der Waals surface area contributed by atoms with Gasteiger partial charge in [0.25, 0.3) is 0 Å². The minimum absolute atomic E-state index is 0. The molecule has 0 radical (unpaired) electrons. The molecule has 0 aliphatic carbocycles. The van der Waals surface area contributed by atoms with Crippen LogP contribution < -0.4 is 46.1 Å². The fourth-order valence-electron chi connectivity index (χ4n) is 2.47. The summed E-state index contributed by atoms with van der Waals surface area (Å²) in [6.07, 6.45) is 0. The number of benzene rings is 3. The van der Waals surface area contributed by atoms with Gasteiger partial charge in [0.2, 0.25) is 0 Å². The molecule has 0 saturated heterocycles. The molecule has 0 aromatic heterocycles. The molecule has 3 aromatic carbocycles. The normalized spacial score (nSPS) is 9.64. The maximum absolute atomic E-state index is 11.4. The Morgan fingerprint density at radius 1 is 0.917 bits per heavy atom. The van der Waals surface area contributed by atoms with Crippen LogP contribution in [0.4, 0.5) is 22.7 Å². The topological polar surface area (TPSA) is 150 Å². The summed E-state index contributed by atoms with van der Waals surface area (Å²) < 4.78 is 4.47. The molecule has 0 aliphatic heterocycles. The second kappa shape index (κ2) is 16.6. The molecule has 36 heavy (non-hydrogen) atoms. The van der Waals surface area contributed by atoms with E-state index in [1.165, 1.54) is 0 Å². The average molecular weight is 579 g/mol. The number of nitrogens with two attached hydrogens (primary N) is 2. The van der Waals surface area contributed by atoms with Gasteiger partial charge in [-0.15, -0.1) is 0 Å². The Morgan fingerprint density at radius 3 is 1.94 bits per heavy atom. The quantitative estimate of drug-likeness (QED) is 0.121. The van der Waals surface area contributed by atoms with Crippen molar-refractivity contribution in [1.29, 1.82) is 5.26 Å². The summed E-state index contributed by atoms with van der Waals surface area (Å²) in [5, 5.41) is 25.0. The number of rotatable bonds is 3. The molecule has 0 heterocycles. The van der Waals surface area contributed by atoms with Crippen LogP contribution in [0.2, 0.25) is 20.1 Å². The third-order valence-electron chi connectivity index (χ3n) is 4.16. The number of halogens is 4.